The SMILES string of the molecule is CC1(C)C[C@@H]2C[C@@](C)(C[NH+]2C[C@H](O)COCc2ccc(Cl)cc2)C1. The highest BCUT2D eigenvalue weighted by Crippen LogP contribution is 2.47. The summed E-state index contributed by atoms with van der Waals surface area (Å²) in [5.74, 6) is 0. The summed E-state index contributed by atoms with van der Waals surface area (Å²) in [4.78, 5) is 1.57. The molecular formula is C20H31ClNO2+. The van der Waals surface area contributed by atoms with E-state index in [9.17, 15) is 5.11 Å². The Kier molecular flexibility index (Phi) is 5.27. The van der Waals surface area contributed by atoms with Crippen molar-refractivity contribution in [3.8, 4) is 0 Å². The molecule has 0 radical (unpaired) electrons. The molecular weight excluding hydrogens is 322 g/mol. The van der Waals surface area contributed by atoms with E-state index in [2.05, 4.69) is 20.8 Å². The van der Waals surface area contributed by atoms with Gasteiger partial charge in [-0.2, -0.15) is 0 Å². The van der Waals surface area contributed by atoms with Crippen LogP contribution in [-0.2, 0) is 11.3 Å². The number of likely N-dealkylation sites (tertiary alicyclic amines) is 1. The topological polar surface area (TPSA) is 33.9 Å². The number of hydrogen-bond acceptors (Lipinski definition) is 2. The first-order valence-electron chi connectivity index (χ1n) is 9.10. The van der Waals surface area contributed by atoms with Gasteiger partial charge in [0.2, 0.25) is 0 Å². The zero-order valence-corrected chi connectivity index (χ0v) is 15.9. The summed E-state index contributed by atoms with van der Waals surface area (Å²) >= 11 is 5.88. The smallest absolute Gasteiger partial charge is 0.126 e. The van der Waals surface area contributed by atoms with Crippen LogP contribution in [0.2, 0.25) is 5.02 Å². The monoisotopic (exact) mass is 352 g/mol. The molecule has 1 aliphatic heterocycles. The lowest BCUT2D eigenvalue weighted by Gasteiger charge is -2.37. The first-order valence-corrected chi connectivity index (χ1v) is 9.47. The van der Waals surface area contributed by atoms with Gasteiger partial charge < -0.3 is 14.7 Å². The molecule has 2 bridgehead atoms. The van der Waals surface area contributed by atoms with Gasteiger partial charge in [0.05, 0.1) is 25.8 Å². The minimum atomic E-state index is -0.390. The maximum absolute atomic E-state index is 10.4. The average Bonchev–Trinajstić information content (AvgIpc) is 2.69. The van der Waals surface area contributed by atoms with Crippen LogP contribution in [-0.4, -0.2) is 36.9 Å². The fraction of sp³-hybridized carbons (Fsp3) is 0.700. The molecule has 0 spiro atoms. The van der Waals surface area contributed by atoms with Gasteiger partial charge in [-0.1, -0.05) is 44.5 Å². The molecule has 1 unspecified atom stereocenters. The Balaban J connectivity index is 1.45. The fourth-order valence-electron chi connectivity index (χ4n) is 5.24. The van der Waals surface area contributed by atoms with Gasteiger partial charge in [-0.15, -0.1) is 0 Å². The molecule has 2 fully saturated rings. The van der Waals surface area contributed by atoms with Crippen LogP contribution in [0.15, 0.2) is 24.3 Å². The van der Waals surface area contributed by atoms with Crippen molar-refractivity contribution in [3.05, 3.63) is 34.9 Å². The zero-order chi connectivity index (χ0) is 17.4. The van der Waals surface area contributed by atoms with E-state index in [1.807, 2.05) is 24.3 Å². The molecule has 24 heavy (non-hydrogen) atoms. The Morgan fingerprint density at radius 2 is 1.96 bits per heavy atom. The molecule has 1 saturated carbocycles. The Hall–Kier alpha value is -0.610. The van der Waals surface area contributed by atoms with Crippen LogP contribution < -0.4 is 4.90 Å². The van der Waals surface area contributed by atoms with Crippen LogP contribution in [0, 0.1) is 10.8 Å². The number of fused-ring (bicyclic) bond motifs is 2. The number of ether oxygens (including phenoxy) is 1. The maximum Gasteiger partial charge on any atom is 0.126 e. The molecule has 2 aliphatic rings. The number of benzene rings is 1. The first-order chi connectivity index (χ1) is 11.2. The summed E-state index contributed by atoms with van der Waals surface area (Å²) in [5.41, 5.74) is 1.98. The van der Waals surface area contributed by atoms with Crippen molar-refractivity contribution in [3.63, 3.8) is 0 Å². The lowest BCUT2D eigenvalue weighted by atomic mass is 9.65. The van der Waals surface area contributed by atoms with E-state index in [0.717, 1.165) is 17.1 Å². The van der Waals surface area contributed by atoms with Gasteiger partial charge >= 0.3 is 0 Å². The van der Waals surface area contributed by atoms with Crippen LogP contribution in [0.4, 0.5) is 0 Å². The molecule has 4 heteroatoms. The standard InChI is InChI=1S/C20H30ClNO2/c1-19(2)8-17-9-20(3,13-19)14-22(17)10-18(23)12-24-11-15-4-6-16(21)7-5-15/h4-7,17-18,23H,8-14H2,1-3H3/p+1/t17-,18+,20-/m1/s1. The predicted octanol–water partition coefficient (Wildman–Crippen LogP) is 2.70. The van der Waals surface area contributed by atoms with E-state index >= 15 is 0 Å². The van der Waals surface area contributed by atoms with E-state index < -0.39 is 6.10 Å². The van der Waals surface area contributed by atoms with Gasteiger partial charge in [-0.3, -0.25) is 0 Å². The average molecular weight is 353 g/mol. The molecule has 4 atom stereocenters. The van der Waals surface area contributed by atoms with Crippen molar-refractivity contribution in [1.82, 2.24) is 0 Å². The Morgan fingerprint density at radius 3 is 2.67 bits per heavy atom. The lowest BCUT2D eigenvalue weighted by molar-refractivity contribution is -0.917. The van der Waals surface area contributed by atoms with E-state index in [1.165, 1.54) is 25.8 Å². The van der Waals surface area contributed by atoms with Crippen LogP contribution in [0.5, 0.6) is 0 Å². The molecule has 3 nitrogen and oxygen atoms in total. The van der Waals surface area contributed by atoms with E-state index in [1.54, 1.807) is 4.90 Å². The molecule has 1 saturated heterocycles. The second kappa shape index (κ2) is 6.95. The van der Waals surface area contributed by atoms with E-state index in [4.69, 9.17) is 16.3 Å². The second-order valence-electron chi connectivity index (χ2n) is 9.09. The highest BCUT2D eigenvalue weighted by atomic mass is 35.5. The number of nitrogens with one attached hydrogen (secondary N) is 1. The molecule has 3 rings (SSSR count). The maximum atomic E-state index is 10.4. The molecule has 1 aromatic rings. The molecule has 134 valence electrons. The van der Waals surface area contributed by atoms with Crippen molar-refractivity contribution in [1.29, 1.82) is 0 Å². The predicted molar refractivity (Wildman–Crippen MR) is 97.3 cm³/mol. The van der Waals surface area contributed by atoms with Crippen LogP contribution in [0.1, 0.15) is 45.6 Å². The van der Waals surface area contributed by atoms with Crippen molar-refractivity contribution in [2.24, 2.45) is 10.8 Å². The number of quaternary nitrogens is 1. The summed E-state index contributed by atoms with van der Waals surface area (Å²) in [6, 6.07) is 8.37. The summed E-state index contributed by atoms with van der Waals surface area (Å²) in [6.07, 6.45) is 3.50. The zero-order valence-electron chi connectivity index (χ0n) is 15.1. The van der Waals surface area contributed by atoms with Gasteiger partial charge in [0.25, 0.3) is 0 Å². The number of hydrogen-bond donors (Lipinski definition) is 2. The van der Waals surface area contributed by atoms with Crippen molar-refractivity contribution >= 4 is 11.6 Å². The van der Waals surface area contributed by atoms with Gasteiger partial charge in [-0.05, 0) is 29.5 Å². The Morgan fingerprint density at radius 1 is 1.25 bits per heavy atom. The number of halogens is 1. The number of aliphatic hydroxyl groups is 1. The first kappa shape index (κ1) is 18.2. The normalized spacial score (nSPS) is 32.7. The van der Waals surface area contributed by atoms with Crippen LogP contribution in [0.3, 0.4) is 0 Å². The van der Waals surface area contributed by atoms with Gasteiger partial charge in [-0.25, -0.2) is 0 Å². The molecule has 1 aliphatic carbocycles. The minimum Gasteiger partial charge on any atom is -0.385 e. The quantitative estimate of drug-likeness (QED) is 0.825. The van der Waals surface area contributed by atoms with Crippen molar-refractivity contribution < 1.29 is 14.7 Å². The van der Waals surface area contributed by atoms with Crippen LogP contribution in [0.25, 0.3) is 0 Å². The molecule has 1 heterocycles. The summed E-state index contributed by atoms with van der Waals surface area (Å²) in [6.45, 7) is 10.1. The van der Waals surface area contributed by atoms with Crippen molar-refractivity contribution in [2.75, 3.05) is 19.7 Å². The summed E-state index contributed by atoms with van der Waals surface area (Å²) in [5, 5.41) is 11.1. The minimum absolute atomic E-state index is 0.390. The lowest BCUT2D eigenvalue weighted by Crippen LogP contribution is -3.15. The molecule has 1 aromatic carbocycles. The highest BCUT2D eigenvalue weighted by Gasteiger charge is 2.52. The molecule has 0 amide bonds. The highest BCUT2D eigenvalue weighted by molar-refractivity contribution is 6.30. The summed E-state index contributed by atoms with van der Waals surface area (Å²) < 4.78 is 5.70. The third-order valence-corrected chi connectivity index (χ3v) is 5.92. The summed E-state index contributed by atoms with van der Waals surface area (Å²) in [7, 11) is 0. The largest absolute Gasteiger partial charge is 0.385 e. The third kappa shape index (κ3) is 4.51. The van der Waals surface area contributed by atoms with E-state index in [0.29, 0.717) is 30.1 Å². The third-order valence-electron chi connectivity index (χ3n) is 5.66. The van der Waals surface area contributed by atoms with Crippen LogP contribution >= 0.6 is 11.6 Å². The molecule has 0 aromatic heterocycles. The van der Waals surface area contributed by atoms with Gasteiger partial charge in [0, 0.05) is 23.3 Å². The molecule has 2 N–H and O–H groups in total. The van der Waals surface area contributed by atoms with Gasteiger partial charge in [0.15, 0.2) is 0 Å². The number of rotatable bonds is 6. The Bertz CT molecular complexity index is 559. The fourth-order valence-corrected chi connectivity index (χ4v) is 5.37. The van der Waals surface area contributed by atoms with Gasteiger partial charge in [0.1, 0.15) is 12.6 Å². The van der Waals surface area contributed by atoms with Crippen molar-refractivity contribution in [2.45, 2.75) is 58.8 Å². The van der Waals surface area contributed by atoms with E-state index in [-0.39, 0.29) is 0 Å². The number of aliphatic hydroxyl groups excluding tert-OH is 1. The Labute approximate surface area is 150 Å². The second-order valence-corrected chi connectivity index (χ2v) is 9.53.